The summed E-state index contributed by atoms with van der Waals surface area (Å²) in [4.78, 5) is 0. The van der Waals surface area contributed by atoms with E-state index in [9.17, 15) is 0 Å². The van der Waals surface area contributed by atoms with Crippen molar-refractivity contribution in [3.8, 4) is 0 Å². The fourth-order valence-corrected chi connectivity index (χ4v) is 1.72. The van der Waals surface area contributed by atoms with E-state index in [2.05, 4.69) is 35.1 Å². The topological polar surface area (TPSA) is 111 Å². The van der Waals surface area contributed by atoms with Gasteiger partial charge in [-0.3, -0.25) is 0 Å². The van der Waals surface area contributed by atoms with E-state index in [1.165, 1.54) is 11.1 Å². The quantitative estimate of drug-likeness (QED) is 0.418. The van der Waals surface area contributed by atoms with Crippen molar-refractivity contribution in [2.24, 2.45) is 0 Å². The highest BCUT2D eigenvalue weighted by atomic mass is 35.5. The highest BCUT2D eigenvalue weighted by molar-refractivity contribution is 5.54. The van der Waals surface area contributed by atoms with E-state index in [0.717, 1.165) is 37.3 Å². The monoisotopic (exact) mass is 338 g/mol. The zero-order valence-corrected chi connectivity index (χ0v) is 13.3. The summed E-state index contributed by atoms with van der Waals surface area (Å²) < 4.78 is 0. The van der Waals surface area contributed by atoms with Crippen LogP contribution >= 0.6 is 0 Å². The second-order valence-electron chi connectivity index (χ2n) is 3.60. The average molecular weight is 340 g/mol. The molecular formula is C10H22Cl4N4. The van der Waals surface area contributed by atoms with Crippen molar-refractivity contribution in [3.63, 3.8) is 0 Å². The molecule has 8 heteroatoms. The van der Waals surface area contributed by atoms with Crippen LogP contribution in [0.25, 0.3) is 0 Å². The predicted molar refractivity (Wildman–Crippen MR) is 54.5 cm³/mol. The van der Waals surface area contributed by atoms with Crippen LogP contribution in [-0.4, -0.2) is 13.1 Å². The Balaban J connectivity index is -0.000000245. The smallest absolute Gasteiger partial charge is 0.137 e. The Kier molecular flexibility index (Phi) is 20.3. The van der Waals surface area contributed by atoms with Crippen molar-refractivity contribution in [1.29, 1.82) is 0 Å². The molecule has 0 aromatic heterocycles. The molecule has 1 rings (SSSR count). The standard InChI is InChI=1S/C10H18N4.4ClH/c11-3-1-7-5-9(13)8(2-4-12)10(14)6-7;;;;/h5-6H,1-4,11-14H2;4*1H. The van der Waals surface area contributed by atoms with E-state index in [-0.39, 0.29) is 49.6 Å². The van der Waals surface area contributed by atoms with Crippen molar-refractivity contribution in [2.45, 2.75) is 12.8 Å². The summed E-state index contributed by atoms with van der Waals surface area (Å²) in [6, 6.07) is 4.29. The molecule has 0 aliphatic rings. The molecule has 4 nitrogen and oxygen atoms in total. The summed E-state index contributed by atoms with van der Waals surface area (Å²) in [6.07, 6.45) is 1.98. The normalized spacial score (nSPS) is 8.22. The highest BCUT2D eigenvalue weighted by Crippen LogP contribution is 2.19. The molecular weight excluding hydrogens is 318 g/mol. The molecule has 0 fully saturated rings. The van der Waals surface area contributed by atoms with Gasteiger partial charge in [-0.1, -0.05) is 0 Å². The van der Waals surface area contributed by atoms with Gasteiger partial charge in [0.05, 0.1) is 18.7 Å². The van der Waals surface area contributed by atoms with Crippen LogP contribution in [0.1, 0.15) is 11.1 Å². The Morgan fingerprint density at radius 1 is 0.722 bits per heavy atom. The number of benzene rings is 1. The molecule has 0 aliphatic carbocycles. The van der Waals surface area contributed by atoms with Crippen LogP contribution in [0.2, 0.25) is 0 Å². The van der Waals surface area contributed by atoms with Crippen LogP contribution in [0.15, 0.2) is 12.1 Å². The van der Waals surface area contributed by atoms with Crippen molar-refractivity contribution in [3.05, 3.63) is 23.3 Å². The molecule has 1 aromatic rings. The molecule has 0 bridgehead atoms. The molecule has 0 unspecified atom stereocenters. The van der Waals surface area contributed by atoms with Gasteiger partial charge in [0.1, 0.15) is 11.4 Å². The van der Waals surface area contributed by atoms with Crippen LogP contribution in [-0.2, 0) is 12.8 Å². The van der Waals surface area contributed by atoms with Crippen molar-refractivity contribution >= 4 is 11.4 Å². The largest absolute Gasteiger partial charge is 1.00 e. The lowest BCUT2D eigenvalue weighted by molar-refractivity contribution is -0.367. The second kappa shape index (κ2) is 13.6. The average Bonchev–Trinajstić information content (AvgIpc) is 2.12. The van der Waals surface area contributed by atoms with E-state index >= 15 is 0 Å². The Bertz CT molecular complexity index is 300. The second-order valence-corrected chi connectivity index (χ2v) is 3.60. The Morgan fingerprint density at radius 2 is 1.11 bits per heavy atom. The van der Waals surface area contributed by atoms with Gasteiger partial charge in [0.15, 0.2) is 0 Å². The molecule has 0 amide bonds. The maximum atomic E-state index is 4.05. The molecule has 18 heavy (non-hydrogen) atoms. The van der Waals surface area contributed by atoms with E-state index < -0.39 is 0 Å². The lowest BCUT2D eigenvalue weighted by Crippen LogP contribution is -3.00. The number of quaternary nitrogens is 4. The predicted octanol–water partition coefficient (Wildman–Crippen LogP) is -15.0. The van der Waals surface area contributed by atoms with Gasteiger partial charge in [0.2, 0.25) is 0 Å². The first-order chi connectivity index (χ1) is 6.69. The van der Waals surface area contributed by atoms with E-state index in [4.69, 9.17) is 0 Å². The van der Waals surface area contributed by atoms with Gasteiger partial charge in [-0.2, -0.15) is 0 Å². The molecule has 0 heterocycles. The van der Waals surface area contributed by atoms with E-state index in [1.54, 1.807) is 0 Å². The summed E-state index contributed by atoms with van der Waals surface area (Å²) in [5, 5.41) is 0. The summed E-state index contributed by atoms with van der Waals surface area (Å²) in [5.41, 5.74) is 20.6. The third kappa shape index (κ3) is 7.61. The van der Waals surface area contributed by atoms with Gasteiger partial charge in [-0.15, -0.1) is 0 Å². The summed E-state index contributed by atoms with van der Waals surface area (Å²) >= 11 is 0. The Morgan fingerprint density at radius 3 is 1.44 bits per heavy atom. The summed E-state index contributed by atoms with van der Waals surface area (Å²) in [7, 11) is 0. The highest BCUT2D eigenvalue weighted by Gasteiger charge is 2.11. The third-order valence-corrected chi connectivity index (χ3v) is 2.39. The molecule has 0 spiro atoms. The van der Waals surface area contributed by atoms with E-state index in [1.807, 2.05) is 0 Å². The fourth-order valence-electron chi connectivity index (χ4n) is 1.72. The zero-order chi connectivity index (χ0) is 10.6. The van der Waals surface area contributed by atoms with Crippen LogP contribution in [0.5, 0.6) is 0 Å². The van der Waals surface area contributed by atoms with Crippen LogP contribution < -0.4 is 72.6 Å². The number of hydrogen-bond donors (Lipinski definition) is 4. The summed E-state index contributed by atoms with van der Waals surface area (Å²) in [6.45, 7) is 1.83. The van der Waals surface area contributed by atoms with Gasteiger partial charge in [-0.05, 0) is 5.56 Å². The Hall–Kier alpha value is 0.220. The van der Waals surface area contributed by atoms with Crippen LogP contribution in [0.4, 0.5) is 11.4 Å². The Labute approximate surface area is 133 Å². The lowest BCUT2D eigenvalue weighted by Gasteiger charge is -2.04. The summed E-state index contributed by atoms with van der Waals surface area (Å²) in [5.74, 6) is 0. The maximum Gasteiger partial charge on any atom is 0.137 e. The van der Waals surface area contributed by atoms with Crippen molar-refractivity contribution < 1.29 is 72.6 Å². The van der Waals surface area contributed by atoms with Crippen LogP contribution in [0.3, 0.4) is 0 Å². The molecule has 0 aliphatic heterocycles. The fraction of sp³-hybridized carbons (Fsp3) is 0.400. The maximum absolute atomic E-state index is 4.05. The van der Waals surface area contributed by atoms with Gasteiger partial charge < -0.3 is 72.6 Å². The molecule has 1 aromatic carbocycles. The van der Waals surface area contributed by atoms with E-state index in [0.29, 0.717) is 0 Å². The molecule has 0 saturated carbocycles. The molecule has 12 N–H and O–H groups in total. The first kappa shape index (κ1) is 26.7. The zero-order valence-electron chi connectivity index (χ0n) is 10.3. The van der Waals surface area contributed by atoms with Crippen molar-refractivity contribution in [2.75, 3.05) is 13.1 Å². The van der Waals surface area contributed by atoms with Gasteiger partial charge in [0.25, 0.3) is 0 Å². The van der Waals surface area contributed by atoms with Gasteiger partial charge in [-0.25, -0.2) is 0 Å². The molecule has 0 saturated heterocycles. The number of rotatable bonds is 4. The number of hydrogen-bond acceptors (Lipinski definition) is 0. The minimum atomic E-state index is 0. The first-order valence-electron chi connectivity index (χ1n) is 5.07. The molecule has 110 valence electrons. The van der Waals surface area contributed by atoms with Gasteiger partial charge in [0, 0.05) is 25.0 Å². The molecule has 0 atom stereocenters. The first-order valence-corrected chi connectivity index (χ1v) is 5.07. The minimum absolute atomic E-state index is 0. The molecule has 0 radical (unpaired) electrons. The lowest BCUT2D eigenvalue weighted by atomic mass is 10.0. The van der Waals surface area contributed by atoms with Crippen LogP contribution in [0, 0.1) is 0 Å². The SMILES string of the molecule is [Cl-].[Cl-].[Cl-].[Cl-].[NH3+]CCc1cc([NH3+])c(CC[NH3+])c([NH3+])c1. The van der Waals surface area contributed by atoms with Gasteiger partial charge >= 0.3 is 0 Å². The number of halogens is 4. The third-order valence-electron chi connectivity index (χ3n) is 2.39. The minimum Gasteiger partial charge on any atom is -1.00 e. The van der Waals surface area contributed by atoms with Crippen molar-refractivity contribution in [1.82, 2.24) is 0 Å².